The lowest BCUT2D eigenvalue weighted by atomic mass is 9.97. The highest BCUT2D eigenvalue weighted by molar-refractivity contribution is 5.92. The summed E-state index contributed by atoms with van der Waals surface area (Å²) in [7, 11) is 0. The molecule has 1 N–H and O–H groups in total. The molecule has 5 aromatic carbocycles. The van der Waals surface area contributed by atoms with Gasteiger partial charge in [0.05, 0.1) is 34.4 Å². The van der Waals surface area contributed by atoms with Crippen LogP contribution in [0.3, 0.4) is 0 Å². The molecule has 5 aromatic rings. The van der Waals surface area contributed by atoms with E-state index in [0.29, 0.717) is 0 Å². The lowest BCUT2D eigenvalue weighted by Crippen LogP contribution is -2.65. The smallest absolute Gasteiger partial charge is 0.338 e. The average molecular weight is 875 g/mol. The Labute approximate surface area is 366 Å². The van der Waals surface area contributed by atoms with E-state index in [1.807, 2.05) is 0 Å². The molecule has 0 amide bonds. The SMILES string of the molecule is CC(=O)OC1C(OC(=O)c2ccccc2)[C@H](O)OC[C@H]1O[C@@H]1OC(COC(=O)c2ccccc2)[C@H](OC(=O)c2ccccc2)C(OC(=O)c2ccccc2)C1OC(=O)c1ccccc1. The number of ether oxygens (including phenoxy) is 9. The maximum atomic E-state index is 14.0. The van der Waals surface area contributed by atoms with Crippen LogP contribution < -0.4 is 0 Å². The van der Waals surface area contributed by atoms with Gasteiger partial charge in [0.1, 0.15) is 18.8 Å². The molecule has 2 saturated heterocycles. The summed E-state index contributed by atoms with van der Waals surface area (Å²) in [5.41, 5.74) is 0.484. The summed E-state index contributed by atoms with van der Waals surface area (Å²) in [6, 6.07) is 39.2. The van der Waals surface area contributed by atoms with Crippen molar-refractivity contribution in [3.05, 3.63) is 179 Å². The van der Waals surface area contributed by atoms with Crippen LogP contribution in [0.4, 0.5) is 0 Å². The number of carbonyl (C=O) groups is 6. The minimum absolute atomic E-state index is 0.0564. The minimum atomic E-state index is -1.85. The van der Waals surface area contributed by atoms with Gasteiger partial charge in [0.15, 0.2) is 43.1 Å². The molecule has 0 radical (unpaired) electrons. The maximum Gasteiger partial charge on any atom is 0.338 e. The molecule has 16 nitrogen and oxygen atoms in total. The van der Waals surface area contributed by atoms with Gasteiger partial charge in [0.25, 0.3) is 0 Å². The topological polar surface area (TPSA) is 206 Å². The highest BCUT2D eigenvalue weighted by Gasteiger charge is 2.56. The summed E-state index contributed by atoms with van der Waals surface area (Å²) in [6.45, 7) is -0.0890. The van der Waals surface area contributed by atoms with E-state index in [2.05, 4.69) is 0 Å². The Bertz CT molecular complexity index is 2360. The molecule has 2 heterocycles. The van der Waals surface area contributed by atoms with E-state index < -0.39 is 104 Å². The minimum Gasteiger partial charge on any atom is -0.459 e. The molecule has 0 aliphatic carbocycles. The standard InChI is InChI=1S/C48H42O16/c1-29(49)58-38-36(28-57-47(55)40(38)63-45(53)33-23-13-5-14-24-33)60-48-41(64-46(54)34-25-15-6-16-26-34)39(62-44(52)32-21-11-4-12-22-32)37(61-43(51)31-19-9-3-10-20-31)35(59-48)27-56-42(50)30-17-7-2-8-18-30/h2-26,35-41,47-48,55H,27-28H2,1H3/t35?,36-,37+,38?,39?,40?,41?,47-,48+/m1/s1. The lowest BCUT2D eigenvalue weighted by molar-refractivity contribution is -0.338. The Hall–Kier alpha value is -7.24. The third kappa shape index (κ3) is 11.2. The Balaban J connectivity index is 1.30. The lowest BCUT2D eigenvalue weighted by Gasteiger charge is -2.46. The van der Waals surface area contributed by atoms with Crippen LogP contribution in [0.25, 0.3) is 0 Å². The monoisotopic (exact) mass is 874 g/mol. The summed E-state index contributed by atoms with van der Waals surface area (Å²) >= 11 is 0. The second kappa shape index (κ2) is 21.2. The normalized spacial score (nSPS) is 23.9. The predicted molar refractivity (Wildman–Crippen MR) is 220 cm³/mol. The van der Waals surface area contributed by atoms with Gasteiger partial charge in [0, 0.05) is 6.92 Å². The first-order chi connectivity index (χ1) is 31.0. The zero-order valence-electron chi connectivity index (χ0n) is 34.1. The number of carbonyl (C=O) groups excluding carboxylic acids is 6. The van der Waals surface area contributed by atoms with Crippen LogP contribution in [0.2, 0.25) is 0 Å². The highest BCUT2D eigenvalue weighted by Crippen LogP contribution is 2.34. The number of rotatable bonds is 14. The van der Waals surface area contributed by atoms with Gasteiger partial charge in [-0.1, -0.05) is 91.0 Å². The van der Waals surface area contributed by atoms with Crippen molar-refractivity contribution in [3.63, 3.8) is 0 Å². The molecule has 7 rings (SSSR count). The first-order valence-corrected chi connectivity index (χ1v) is 20.1. The van der Waals surface area contributed by atoms with Gasteiger partial charge < -0.3 is 47.7 Å². The van der Waals surface area contributed by atoms with Crippen LogP contribution in [-0.2, 0) is 47.4 Å². The van der Waals surface area contributed by atoms with Gasteiger partial charge in [-0.15, -0.1) is 0 Å². The van der Waals surface area contributed by atoms with Gasteiger partial charge in [0.2, 0.25) is 0 Å². The molecule has 64 heavy (non-hydrogen) atoms. The molecular weight excluding hydrogens is 833 g/mol. The number of esters is 6. The van der Waals surface area contributed by atoms with Crippen molar-refractivity contribution < 1.29 is 76.5 Å². The molecule has 330 valence electrons. The Kier molecular flexibility index (Phi) is 14.9. The second-order valence-electron chi connectivity index (χ2n) is 14.4. The quantitative estimate of drug-likeness (QED) is 0.113. The van der Waals surface area contributed by atoms with E-state index in [1.165, 1.54) is 60.7 Å². The van der Waals surface area contributed by atoms with E-state index in [-0.39, 0.29) is 27.8 Å². The maximum absolute atomic E-state index is 14.0. The van der Waals surface area contributed by atoms with Gasteiger partial charge in [-0.25, -0.2) is 24.0 Å². The Morgan fingerprint density at radius 1 is 0.484 bits per heavy atom. The molecule has 0 saturated carbocycles. The van der Waals surface area contributed by atoms with E-state index in [1.54, 1.807) is 91.0 Å². The Morgan fingerprint density at radius 3 is 1.28 bits per heavy atom. The highest BCUT2D eigenvalue weighted by atomic mass is 16.8. The fourth-order valence-electron chi connectivity index (χ4n) is 6.91. The summed E-state index contributed by atoms with van der Waals surface area (Å²) in [4.78, 5) is 81.1. The summed E-state index contributed by atoms with van der Waals surface area (Å²) in [6.07, 6.45) is -15.2. The van der Waals surface area contributed by atoms with Gasteiger partial charge >= 0.3 is 35.8 Å². The third-order valence-electron chi connectivity index (χ3n) is 10.0. The fourth-order valence-corrected chi connectivity index (χ4v) is 6.91. The first kappa shape index (κ1) is 44.8. The van der Waals surface area contributed by atoms with Crippen molar-refractivity contribution >= 4 is 35.8 Å². The molecule has 9 atom stereocenters. The number of hydrogen-bond donors (Lipinski definition) is 1. The van der Waals surface area contributed by atoms with Crippen molar-refractivity contribution in [3.8, 4) is 0 Å². The number of aliphatic hydroxyl groups excluding tert-OH is 1. The average Bonchev–Trinajstić information content (AvgIpc) is 3.33. The molecule has 5 unspecified atom stereocenters. The third-order valence-corrected chi connectivity index (χ3v) is 10.0. The Morgan fingerprint density at radius 2 is 0.859 bits per heavy atom. The van der Waals surface area contributed by atoms with Crippen molar-refractivity contribution in [1.82, 2.24) is 0 Å². The zero-order valence-corrected chi connectivity index (χ0v) is 34.1. The van der Waals surface area contributed by atoms with E-state index in [4.69, 9.17) is 42.6 Å². The summed E-state index contributed by atoms with van der Waals surface area (Å²) in [5.74, 6) is -5.36. The number of benzene rings is 5. The second-order valence-corrected chi connectivity index (χ2v) is 14.4. The van der Waals surface area contributed by atoms with Crippen LogP contribution in [0, 0.1) is 0 Å². The van der Waals surface area contributed by atoms with Crippen LogP contribution in [-0.4, -0.2) is 109 Å². The zero-order chi connectivity index (χ0) is 45.0. The fraction of sp³-hybridized carbons (Fsp3) is 0.250. The van der Waals surface area contributed by atoms with Crippen molar-refractivity contribution in [2.45, 2.75) is 62.2 Å². The molecule has 0 bridgehead atoms. The largest absolute Gasteiger partial charge is 0.459 e. The van der Waals surface area contributed by atoms with Gasteiger partial charge in [-0.2, -0.15) is 0 Å². The van der Waals surface area contributed by atoms with Crippen LogP contribution in [0.1, 0.15) is 58.7 Å². The summed E-state index contributed by atoms with van der Waals surface area (Å²) in [5, 5.41) is 11.0. The predicted octanol–water partition coefficient (Wildman–Crippen LogP) is 5.14. The van der Waals surface area contributed by atoms with E-state index >= 15 is 0 Å². The number of aliphatic hydroxyl groups is 1. The summed E-state index contributed by atoms with van der Waals surface area (Å²) < 4.78 is 53.7. The van der Waals surface area contributed by atoms with Crippen LogP contribution >= 0.6 is 0 Å². The van der Waals surface area contributed by atoms with Gasteiger partial charge in [-0.05, 0) is 60.7 Å². The van der Waals surface area contributed by atoms with Crippen LogP contribution in [0.15, 0.2) is 152 Å². The molecule has 2 fully saturated rings. The molecule has 2 aliphatic heterocycles. The first-order valence-electron chi connectivity index (χ1n) is 20.1. The van der Waals surface area contributed by atoms with Crippen molar-refractivity contribution in [1.29, 1.82) is 0 Å². The van der Waals surface area contributed by atoms with E-state index in [0.717, 1.165) is 6.92 Å². The van der Waals surface area contributed by atoms with Crippen LogP contribution in [0.5, 0.6) is 0 Å². The molecular formula is C48H42O16. The van der Waals surface area contributed by atoms with E-state index in [9.17, 15) is 33.9 Å². The molecule has 16 heteroatoms. The molecule has 0 spiro atoms. The molecule has 0 aromatic heterocycles. The van der Waals surface area contributed by atoms with Crippen molar-refractivity contribution in [2.24, 2.45) is 0 Å². The molecule has 2 aliphatic rings. The van der Waals surface area contributed by atoms with Crippen molar-refractivity contribution in [2.75, 3.05) is 13.2 Å². The van der Waals surface area contributed by atoms with Gasteiger partial charge in [-0.3, -0.25) is 4.79 Å². The number of hydrogen-bond acceptors (Lipinski definition) is 16.